The molecule has 6 nitrogen and oxygen atoms in total. The maximum atomic E-state index is 5.03. The van der Waals surface area contributed by atoms with E-state index in [0.29, 0.717) is 19.7 Å². The number of benzene rings is 1. The van der Waals surface area contributed by atoms with Gasteiger partial charge in [0.2, 0.25) is 0 Å². The molecule has 0 radical (unpaired) electrons. The normalized spacial score (nSPS) is 11.0. The highest BCUT2D eigenvalue weighted by atomic mass is 127. The van der Waals surface area contributed by atoms with E-state index in [4.69, 9.17) is 4.74 Å². The number of hydrogen-bond acceptors (Lipinski definition) is 5. The van der Waals surface area contributed by atoms with Crippen LogP contribution in [0.4, 0.5) is 5.69 Å². The van der Waals surface area contributed by atoms with Crippen LogP contribution in [0.1, 0.15) is 22.4 Å². The number of ether oxygens (including phenoxy) is 1. The van der Waals surface area contributed by atoms with Crippen molar-refractivity contribution in [2.24, 2.45) is 4.99 Å². The van der Waals surface area contributed by atoms with Crippen LogP contribution in [0.2, 0.25) is 0 Å². The topological polar surface area (TPSA) is 70.6 Å². The van der Waals surface area contributed by atoms with E-state index >= 15 is 0 Å². The molecule has 0 aliphatic rings. The molecular formula is C18H28IN5OS. The number of nitrogens with one attached hydrogen (secondary N) is 3. The zero-order valence-corrected chi connectivity index (χ0v) is 18.7. The van der Waals surface area contributed by atoms with Gasteiger partial charge >= 0.3 is 0 Å². The number of anilines is 1. The van der Waals surface area contributed by atoms with Crippen LogP contribution in [0.15, 0.2) is 35.5 Å². The minimum atomic E-state index is 0. The summed E-state index contributed by atoms with van der Waals surface area (Å²) in [6.45, 7) is 7.77. The molecule has 0 saturated carbocycles. The lowest BCUT2D eigenvalue weighted by molar-refractivity contribution is 0.211. The van der Waals surface area contributed by atoms with Crippen LogP contribution in [0, 0.1) is 6.92 Å². The van der Waals surface area contributed by atoms with E-state index in [2.05, 4.69) is 64.0 Å². The molecule has 0 amide bonds. The molecule has 26 heavy (non-hydrogen) atoms. The van der Waals surface area contributed by atoms with E-state index < -0.39 is 0 Å². The largest absolute Gasteiger partial charge is 0.383 e. The average Bonchev–Trinajstić information content (AvgIpc) is 3.04. The fourth-order valence-electron chi connectivity index (χ4n) is 2.18. The molecule has 0 aliphatic heterocycles. The Morgan fingerprint density at radius 1 is 1.23 bits per heavy atom. The van der Waals surface area contributed by atoms with Gasteiger partial charge in [-0.1, -0.05) is 12.1 Å². The van der Waals surface area contributed by atoms with Crippen molar-refractivity contribution in [3.63, 3.8) is 0 Å². The number of methoxy groups -OCH3 is 1. The van der Waals surface area contributed by atoms with Gasteiger partial charge < -0.3 is 20.7 Å². The van der Waals surface area contributed by atoms with E-state index in [-0.39, 0.29) is 24.0 Å². The summed E-state index contributed by atoms with van der Waals surface area (Å²) in [5.74, 6) is 0.803. The standard InChI is InChI=1S/C18H27N5OS.HI/c1-4-19-18(23-13-17-21-11-14(2)25-17)22-12-15-5-7-16(8-6-15)20-9-10-24-3;/h5-8,11,20H,4,9-10,12-13H2,1-3H3,(H2,19,22,23);1H. The molecule has 0 spiro atoms. The number of rotatable bonds is 9. The van der Waals surface area contributed by atoms with Gasteiger partial charge in [0, 0.05) is 37.0 Å². The first-order chi connectivity index (χ1) is 12.2. The third-order valence-electron chi connectivity index (χ3n) is 3.43. The number of hydrogen-bond donors (Lipinski definition) is 3. The highest BCUT2D eigenvalue weighted by Gasteiger charge is 2.02. The summed E-state index contributed by atoms with van der Waals surface area (Å²) in [7, 11) is 1.70. The molecule has 0 atom stereocenters. The Morgan fingerprint density at radius 3 is 2.62 bits per heavy atom. The number of aryl methyl sites for hydroxylation is 1. The molecule has 0 fully saturated rings. The molecule has 0 bridgehead atoms. The van der Waals surface area contributed by atoms with Crippen LogP contribution < -0.4 is 16.0 Å². The van der Waals surface area contributed by atoms with Crippen LogP contribution >= 0.6 is 35.3 Å². The highest BCUT2D eigenvalue weighted by Crippen LogP contribution is 2.11. The first-order valence-electron chi connectivity index (χ1n) is 8.46. The summed E-state index contributed by atoms with van der Waals surface area (Å²) in [6, 6.07) is 8.32. The lowest BCUT2D eigenvalue weighted by Crippen LogP contribution is -2.36. The molecule has 8 heteroatoms. The molecule has 1 aromatic heterocycles. The molecular weight excluding hydrogens is 461 g/mol. The Balaban J connectivity index is 0.00000338. The number of aromatic nitrogens is 1. The zero-order chi connectivity index (χ0) is 17.9. The molecule has 0 unspecified atom stereocenters. The quantitative estimate of drug-likeness (QED) is 0.218. The molecule has 0 aliphatic carbocycles. The Labute approximate surface area is 176 Å². The van der Waals surface area contributed by atoms with Crippen molar-refractivity contribution >= 4 is 47.0 Å². The van der Waals surface area contributed by atoms with Gasteiger partial charge in [0.25, 0.3) is 0 Å². The minimum absolute atomic E-state index is 0. The summed E-state index contributed by atoms with van der Waals surface area (Å²) in [4.78, 5) is 10.2. The predicted octanol–water partition coefficient (Wildman–Crippen LogP) is 3.38. The fraction of sp³-hybridized carbons (Fsp3) is 0.444. The minimum Gasteiger partial charge on any atom is -0.383 e. The third kappa shape index (κ3) is 8.33. The Bertz CT molecular complexity index is 660. The second-order valence-corrected chi connectivity index (χ2v) is 6.85. The van der Waals surface area contributed by atoms with Gasteiger partial charge in [-0.05, 0) is 31.5 Å². The van der Waals surface area contributed by atoms with Gasteiger partial charge in [-0.25, -0.2) is 9.98 Å². The molecule has 2 rings (SSSR count). The number of aliphatic imine (C=N–C) groups is 1. The molecule has 144 valence electrons. The first-order valence-corrected chi connectivity index (χ1v) is 9.28. The van der Waals surface area contributed by atoms with Gasteiger partial charge in [0.05, 0.1) is 19.7 Å². The smallest absolute Gasteiger partial charge is 0.191 e. The lowest BCUT2D eigenvalue weighted by atomic mass is 10.2. The SMILES string of the molecule is CCNC(=NCc1ccc(NCCOC)cc1)NCc1ncc(C)s1.I. The van der Waals surface area contributed by atoms with Gasteiger partial charge in [-0.3, -0.25) is 0 Å². The summed E-state index contributed by atoms with van der Waals surface area (Å²) >= 11 is 1.70. The van der Waals surface area contributed by atoms with Gasteiger partial charge in [-0.2, -0.15) is 0 Å². The van der Waals surface area contributed by atoms with Gasteiger partial charge in [-0.15, -0.1) is 35.3 Å². The van der Waals surface area contributed by atoms with Crippen molar-refractivity contribution in [2.45, 2.75) is 26.9 Å². The monoisotopic (exact) mass is 489 g/mol. The fourth-order valence-corrected chi connectivity index (χ4v) is 2.91. The Morgan fingerprint density at radius 2 is 2.00 bits per heavy atom. The maximum absolute atomic E-state index is 5.03. The van der Waals surface area contributed by atoms with Crippen LogP contribution in [-0.2, 0) is 17.8 Å². The predicted molar refractivity (Wildman–Crippen MR) is 121 cm³/mol. The second kappa shape index (κ2) is 12.9. The first kappa shape index (κ1) is 22.7. The second-order valence-electron chi connectivity index (χ2n) is 5.53. The number of guanidine groups is 1. The van der Waals surface area contributed by atoms with E-state index in [9.17, 15) is 0 Å². The van der Waals surface area contributed by atoms with Crippen LogP contribution in [-0.4, -0.2) is 37.7 Å². The highest BCUT2D eigenvalue weighted by molar-refractivity contribution is 14.0. The summed E-state index contributed by atoms with van der Waals surface area (Å²) in [6.07, 6.45) is 1.90. The Kier molecular flexibility index (Phi) is 11.2. The van der Waals surface area contributed by atoms with Crippen molar-refractivity contribution in [1.29, 1.82) is 0 Å². The van der Waals surface area contributed by atoms with Crippen molar-refractivity contribution in [3.05, 3.63) is 45.9 Å². The molecule has 2 aromatic rings. The van der Waals surface area contributed by atoms with Gasteiger partial charge in [0.1, 0.15) is 5.01 Å². The number of nitrogens with zero attached hydrogens (tertiary/aromatic N) is 2. The van der Waals surface area contributed by atoms with Crippen LogP contribution in [0.3, 0.4) is 0 Å². The molecule has 1 aromatic carbocycles. The number of thiazole rings is 1. The lowest BCUT2D eigenvalue weighted by Gasteiger charge is -2.10. The van der Waals surface area contributed by atoms with E-state index in [1.165, 1.54) is 10.4 Å². The molecule has 3 N–H and O–H groups in total. The maximum Gasteiger partial charge on any atom is 0.191 e. The zero-order valence-electron chi connectivity index (χ0n) is 15.5. The molecule has 1 heterocycles. The summed E-state index contributed by atoms with van der Waals surface area (Å²) in [5, 5.41) is 11.0. The molecule has 0 saturated heterocycles. The van der Waals surface area contributed by atoms with E-state index in [1.54, 1.807) is 18.4 Å². The van der Waals surface area contributed by atoms with Crippen molar-refractivity contribution in [3.8, 4) is 0 Å². The van der Waals surface area contributed by atoms with Crippen molar-refractivity contribution in [2.75, 3.05) is 32.1 Å². The Hall–Kier alpha value is -1.39. The third-order valence-corrected chi connectivity index (χ3v) is 4.34. The van der Waals surface area contributed by atoms with Crippen LogP contribution in [0.5, 0.6) is 0 Å². The summed E-state index contributed by atoms with van der Waals surface area (Å²) in [5.41, 5.74) is 2.26. The van der Waals surface area contributed by atoms with Gasteiger partial charge in [0.15, 0.2) is 5.96 Å². The van der Waals surface area contributed by atoms with Crippen molar-refractivity contribution in [1.82, 2.24) is 15.6 Å². The van der Waals surface area contributed by atoms with Crippen LogP contribution in [0.25, 0.3) is 0 Å². The summed E-state index contributed by atoms with van der Waals surface area (Å²) < 4.78 is 5.03. The van der Waals surface area contributed by atoms with E-state index in [1.807, 2.05) is 6.20 Å². The number of halogens is 1. The van der Waals surface area contributed by atoms with Crippen molar-refractivity contribution < 1.29 is 4.74 Å². The van der Waals surface area contributed by atoms with E-state index in [0.717, 1.165) is 29.7 Å². The average molecular weight is 489 g/mol.